The number of rotatable bonds is 2. The molecule has 5 heteroatoms. The number of ether oxygens (including phenoxy) is 1. The predicted molar refractivity (Wildman–Crippen MR) is 113 cm³/mol. The number of esters is 1. The zero-order valence-electron chi connectivity index (χ0n) is 16.0. The van der Waals surface area contributed by atoms with Crippen LogP contribution < -0.4 is 0 Å². The fourth-order valence-electron chi connectivity index (χ4n) is 4.15. The summed E-state index contributed by atoms with van der Waals surface area (Å²) in [6.07, 6.45) is -0.157. The van der Waals surface area contributed by atoms with E-state index < -0.39 is 17.9 Å². The van der Waals surface area contributed by atoms with Crippen LogP contribution in [0.15, 0.2) is 66.7 Å². The molecule has 5 nitrogen and oxygen atoms in total. The van der Waals surface area contributed by atoms with Crippen molar-refractivity contribution in [1.29, 1.82) is 0 Å². The molecule has 30 heavy (non-hydrogen) atoms. The number of phenolic OH excluding ortho intramolecular Hbond substituents is 2. The van der Waals surface area contributed by atoms with E-state index in [1.165, 1.54) is 6.07 Å². The predicted octanol–water partition coefficient (Wildman–Crippen LogP) is 4.76. The average molecular weight is 398 g/mol. The molecule has 0 bridgehead atoms. The molecule has 1 aliphatic carbocycles. The summed E-state index contributed by atoms with van der Waals surface area (Å²) in [7, 11) is 0. The molecule has 0 unspecified atom stereocenters. The first kappa shape index (κ1) is 18.2. The minimum Gasteiger partial charge on any atom is -0.507 e. The van der Waals surface area contributed by atoms with Crippen molar-refractivity contribution in [2.75, 3.05) is 0 Å². The lowest BCUT2D eigenvalue weighted by molar-refractivity contribution is 0.0256. The molecule has 0 aliphatic heterocycles. The zero-order valence-corrected chi connectivity index (χ0v) is 16.0. The molecule has 0 saturated carbocycles. The van der Waals surface area contributed by atoms with Crippen LogP contribution in [0.5, 0.6) is 11.5 Å². The van der Waals surface area contributed by atoms with E-state index in [1.807, 2.05) is 30.3 Å². The monoisotopic (exact) mass is 398 g/mol. The number of aryl methyl sites for hydroxylation is 1. The summed E-state index contributed by atoms with van der Waals surface area (Å²) in [6.45, 7) is 0. The Hall–Kier alpha value is -3.86. The van der Waals surface area contributed by atoms with E-state index in [2.05, 4.69) is 0 Å². The topological polar surface area (TPSA) is 83.8 Å². The number of carbonyl (C=O) groups is 2. The maximum atomic E-state index is 13.1. The summed E-state index contributed by atoms with van der Waals surface area (Å²) in [6, 6.07) is 19.6. The van der Waals surface area contributed by atoms with Gasteiger partial charge in [-0.1, -0.05) is 48.5 Å². The quantitative estimate of drug-likeness (QED) is 0.476. The molecule has 0 aromatic heterocycles. The minimum absolute atomic E-state index is 0.101. The Bertz CT molecular complexity index is 1340. The molecule has 0 heterocycles. The number of fused-ring (bicyclic) bond motifs is 3. The van der Waals surface area contributed by atoms with Crippen LogP contribution in [0, 0.1) is 0 Å². The van der Waals surface area contributed by atoms with E-state index in [4.69, 9.17) is 4.74 Å². The molecule has 148 valence electrons. The number of phenols is 2. The van der Waals surface area contributed by atoms with Gasteiger partial charge in [0, 0.05) is 0 Å². The van der Waals surface area contributed by atoms with Gasteiger partial charge in [0.25, 0.3) is 0 Å². The minimum atomic E-state index is -0.981. The van der Waals surface area contributed by atoms with E-state index in [0.717, 1.165) is 10.8 Å². The highest BCUT2D eigenvalue weighted by atomic mass is 16.5. The van der Waals surface area contributed by atoms with Crippen LogP contribution in [-0.4, -0.2) is 28.1 Å². The fourth-order valence-corrected chi connectivity index (χ4v) is 4.15. The molecule has 0 saturated heterocycles. The van der Waals surface area contributed by atoms with E-state index in [9.17, 15) is 19.8 Å². The van der Waals surface area contributed by atoms with Crippen molar-refractivity contribution in [3.8, 4) is 11.5 Å². The first-order valence-corrected chi connectivity index (χ1v) is 9.73. The van der Waals surface area contributed by atoms with Crippen molar-refractivity contribution in [3.05, 3.63) is 83.4 Å². The normalized spacial score (nSPS) is 15.9. The van der Waals surface area contributed by atoms with Crippen LogP contribution in [0.25, 0.3) is 21.5 Å². The molecule has 2 N–H and O–H groups in total. The van der Waals surface area contributed by atoms with Crippen molar-refractivity contribution >= 4 is 33.3 Å². The molecule has 1 atom stereocenters. The Kier molecular flexibility index (Phi) is 4.17. The lowest BCUT2D eigenvalue weighted by Gasteiger charge is -2.25. The lowest BCUT2D eigenvalue weighted by atomic mass is 9.85. The number of ketones is 1. The van der Waals surface area contributed by atoms with Gasteiger partial charge in [0.1, 0.15) is 11.5 Å². The van der Waals surface area contributed by atoms with E-state index >= 15 is 0 Å². The van der Waals surface area contributed by atoms with Gasteiger partial charge in [0.2, 0.25) is 5.78 Å². The first-order valence-electron chi connectivity index (χ1n) is 9.73. The second-order valence-corrected chi connectivity index (χ2v) is 7.49. The molecular formula is C25H18O5. The maximum absolute atomic E-state index is 13.1. The first-order chi connectivity index (χ1) is 14.5. The zero-order chi connectivity index (χ0) is 20.8. The van der Waals surface area contributed by atoms with E-state index in [1.54, 1.807) is 30.3 Å². The van der Waals surface area contributed by atoms with Crippen LogP contribution >= 0.6 is 0 Å². The van der Waals surface area contributed by atoms with Gasteiger partial charge in [0.15, 0.2) is 6.10 Å². The Morgan fingerprint density at radius 2 is 1.67 bits per heavy atom. The number of aromatic hydroxyl groups is 2. The van der Waals surface area contributed by atoms with Crippen molar-refractivity contribution < 1.29 is 24.5 Å². The van der Waals surface area contributed by atoms with Crippen molar-refractivity contribution in [2.24, 2.45) is 0 Å². The molecule has 0 radical (unpaired) electrons. The van der Waals surface area contributed by atoms with Gasteiger partial charge in [0.05, 0.1) is 16.5 Å². The van der Waals surface area contributed by atoms with Crippen LogP contribution in [0.1, 0.15) is 32.7 Å². The van der Waals surface area contributed by atoms with Crippen molar-refractivity contribution in [2.45, 2.75) is 18.9 Å². The highest BCUT2D eigenvalue weighted by Gasteiger charge is 2.34. The van der Waals surface area contributed by atoms with Gasteiger partial charge in [-0.2, -0.15) is 0 Å². The second-order valence-electron chi connectivity index (χ2n) is 7.49. The van der Waals surface area contributed by atoms with Crippen molar-refractivity contribution in [1.82, 2.24) is 0 Å². The molecule has 4 aromatic carbocycles. The fraction of sp³-hybridized carbons (Fsp3) is 0.120. The van der Waals surface area contributed by atoms with Crippen LogP contribution in [0.2, 0.25) is 0 Å². The van der Waals surface area contributed by atoms with Crippen molar-refractivity contribution in [3.63, 3.8) is 0 Å². The highest BCUT2D eigenvalue weighted by Crippen LogP contribution is 2.40. The SMILES string of the molecule is O=C(O[C@H]1CCc2cc3cccc(O)c3c(O)c2C1=O)c1ccc2ccccc2c1. The summed E-state index contributed by atoms with van der Waals surface area (Å²) < 4.78 is 5.53. The van der Waals surface area contributed by atoms with Crippen LogP contribution in [-0.2, 0) is 11.2 Å². The number of hydrogen-bond acceptors (Lipinski definition) is 5. The third-order valence-electron chi connectivity index (χ3n) is 5.65. The molecular weight excluding hydrogens is 380 g/mol. The summed E-state index contributed by atoms with van der Waals surface area (Å²) in [5, 5.41) is 23.6. The molecule has 4 aromatic rings. The maximum Gasteiger partial charge on any atom is 0.338 e. The highest BCUT2D eigenvalue weighted by molar-refractivity contribution is 6.11. The van der Waals surface area contributed by atoms with E-state index in [-0.39, 0.29) is 22.4 Å². The Morgan fingerprint density at radius 1 is 0.900 bits per heavy atom. The number of hydrogen-bond donors (Lipinski definition) is 2. The Morgan fingerprint density at radius 3 is 2.50 bits per heavy atom. The molecule has 1 aliphatic rings. The standard InChI is InChI=1S/C25H18O5/c26-19-7-3-6-16-13-17-10-11-20(23(27)22(17)24(28)21(16)19)30-25(29)18-9-8-14-4-1-2-5-15(14)12-18/h1-9,12-13,20,26,28H,10-11H2/t20-/m0/s1. The smallest absolute Gasteiger partial charge is 0.338 e. The van der Waals surface area contributed by atoms with Gasteiger partial charge >= 0.3 is 5.97 Å². The van der Waals surface area contributed by atoms with Gasteiger partial charge in [-0.15, -0.1) is 0 Å². The molecule has 5 rings (SSSR count). The number of benzene rings is 4. The molecule has 0 fully saturated rings. The summed E-state index contributed by atoms with van der Waals surface area (Å²) >= 11 is 0. The van der Waals surface area contributed by atoms with Crippen LogP contribution in [0.3, 0.4) is 0 Å². The van der Waals surface area contributed by atoms with Crippen LogP contribution in [0.4, 0.5) is 0 Å². The summed E-state index contributed by atoms with van der Waals surface area (Å²) in [5.41, 5.74) is 1.17. The largest absolute Gasteiger partial charge is 0.507 e. The Balaban J connectivity index is 1.47. The third kappa shape index (κ3) is 2.87. The lowest BCUT2D eigenvalue weighted by Crippen LogP contribution is -2.32. The van der Waals surface area contributed by atoms with E-state index in [0.29, 0.717) is 29.4 Å². The van der Waals surface area contributed by atoms with Gasteiger partial charge in [-0.05, 0) is 52.8 Å². The average Bonchev–Trinajstić information content (AvgIpc) is 2.75. The van der Waals surface area contributed by atoms with Gasteiger partial charge < -0.3 is 14.9 Å². The molecule has 0 spiro atoms. The van der Waals surface area contributed by atoms with Gasteiger partial charge in [-0.3, -0.25) is 4.79 Å². The Labute approximate surface area is 172 Å². The summed E-state index contributed by atoms with van der Waals surface area (Å²) in [4.78, 5) is 25.7. The number of Topliss-reactive ketones (excluding diaryl/α,β-unsaturated/α-hetero) is 1. The molecule has 0 amide bonds. The third-order valence-corrected chi connectivity index (χ3v) is 5.65. The van der Waals surface area contributed by atoms with Gasteiger partial charge in [-0.25, -0.2) is 4.79 Å². The number of carbonyl (C=O) groups excluding carboxylic acids is 2. The second kappa shape index (κ2) is 6.88. The summed E-state index contributed by atoms with van der Waals surface area (Å²) in [5.74, 6) is -1.40.